The van der Waals surface area contributed by atoms with Gasteiger partial charge in [-0.05, 0) is 32.6 Å². The van der Waals surface area contributed by atoms with Gasteiger partial charge in [-0.25, -0.2) is 9.97 Å². The van der Waals surface area contributed by atoms with Crippen LogP contribution in [0.15, 0.2) is 6.07 Å². The monoisotopic (exact) mass is 261 g/mol. The Bertz CT molecular complexity index is 499. The zero-order valence-electron chi connectivity index (χ0n) is 11.2. The summed E-state index contributed by atoms with van der Waals surface area (Å²) >= 11 is 0. The number of hydrogen-bond acceptors (Lipinski definition) is 4. The van der Waals surface area contributed by atoms with Crippen molar-refractivity contribution in [3.05, 3.63) is 17.6 Å². The number of carbonyl (C=O) groups is 1. The van der Waals surface area contributed by atoms with Crippen LogP contribution in [0.1, 0.15) is 43.1 Å². The second-order valence-corrected chi connectivity index (χ2v) is 5.60. The highest BCUT2D eigenvalue weighted by molar-refractivity contribution is 5.71. The SMILES string of the molecule is Cc1nc(C2CC2)cc(N2CCCC(C(=O)O)C2)n1. The maximum Gasteiger partial charge on any atom is 0.308 e. The van der Waals surface area contributed by atoms with Crippen LogP contribution in [0.4, 0.5) is 5.82 Å². The van der Waals surface area contributed by atoms with E-state index in [1.807, 2.05) is 6.92 Å². The molecule has 2 fully saturated rings. The van der Waals surface area contributed by atoms with E-state index in [1.165, 1.54) is 12.8 Å². The van der Waals surface area contributed by atoms with Gasteiger partial charge in [0.05, 0.1) is 5.92 Å². The summed E-state index contributed by atoms with van der Waals surface area (Å²) < 4.78 is 0. The number of aryl methyl sites for hydroxylation is 1. The van der Waals surface area contributed by atoms with E-state index in [1.54, 1.807) is 0 Å². The van der Waals surface area contributed by atoms with E-state index in [0.717, 1.165) is 36.7 Å². The van der Waals surface area contributed by atoms with Crippen LogP contribution in [0, 0.1) is 12.8 Å². The first-order valence-corrected chi connectivity index (χ1v) is 6.97. The third-order valence-electron chi connectivity index (χ3n) is 3.93. The molecule has 1 aromatic rings. The average molecular weight is 261 g/mol. The molecule has 1 saturated heterocycles. The van der Waals surface area contributed by atoms with Crippen LogP contribution < -0.4 is 4.90 Å². The fourth-order valence-electron chi connectivity index (χ4n) is 2.71. The quantitative estimate of drug-likeness (QED) is 0.901. The predicted molar refractivity (Wildman–Crippen MR) is 71.3 cm³/mol. The molecule has 0 radical (unpaired) electrons. The van der Waals surface area contributed by atoms with Gasteiger partial charge in [-0.3, -0.25) is 4.79 Å². The van der Waals surface area contributed by atoms with Crippen molar-refractivity contribution in [3.8, 4) is 0 Å². The predicted octanol–water partition coefficient (Wildman–Crippen LogP) is 1.96. The first-order chi connectivity index (χ1) is 9.13. The molecule has 3 rings (SSSR count). The van der Waals surface area contributed by atoms with Gasteiger partial charge >= 0.3 is 5.97 Å². The van der Waals surface area contributed by atoms with Crippen LogP contribution in [0.5, 0.6) is 0 Å². The first-order valence-electron chi connectivity index (χ1n) is 6.97. The molecule has 1 saturated carbocycles. The summed E-state index contributed by atoms with van der Waals surface area (Å²) in [5.74, 6) is 1.32. The van der Waals surface area contributed by atoms with E-state index in [9.17, 15) is 4.79 Å². The van der Waals surface area contributed by atoms with Gasteiger partial charge in [0.1, 0.15) is 11.6 Å². The van der Waals surface area contributed by atoms with Crippen molar-refractivity contribution in [2.24, 2.45) is 5.92 Å². The second-order valence-electron chi connectivity index (χ2n) is 5.60. The summed E-state index contributed by atoms with van der Waals surface area (Å²) in [6, 6.07) is 2.05. The Labute approximate surface area is 112 Å². The summed E-state index contributed by atoms with van der Waals surface area (Å²) in [6.07, 6.45) is 4.12. The number of carboxylic acid groups (broad SMARTS) is 1. The molecule has 1 unspecified atom stereocenters. The maximum atomic E-state index is 11.1. The number of carboxylic acids is 1. The van der Waals surface area contributed by atoms with E-state index >= 15 is 0 Å². The van der Waals surface area contributed by atoms with Gasteiger partial charge in [-0.2, -0.15) is 0 Å². The highest BCUT2D eigenvalue weighted by Gasteiger charge is 2.29. The lowest BCUT2D eigenvalue weighted by molar-refractivity contribution is -0.141. The Morgan fingerprint density at radius 1 is 1.37 bits per heavy atom. The van der Waals surface area contributed by atoms with Crippen LogP contribution in [-0.2, 0) is 4.79 Å². The lowest BCUT2D eigenvalue weighted by Gasteiger charge is -2.31. The van der Waals surface area contributed by atoms with E-state index in [4.69, 9.17) is 5.11 Å². The third-order valence-corrected chi connectivity index (χ3v) is 3.93. The molecule has 2 heterocycles. The smallest absolute Gasteiger partial charge is 0.308 e. The Morgan fingerprint density at radius 2 is 2.16 bits per heavy atom. The van der Waals surface area contributed by atoms with Gasteiger partial charge in [0.25, 0.3) is 0 Å². The van der Waals surface area contributed by atoms with Crippen LogP contribution in [0.25, 0.3) is 0 Å². The minimum absolute atomic E-state index is 0.270. The summed E-state index contributed by atoms with van der Waals surface area (Å²) in [5, 5.41) is 9.15. The lowest BCUT2D eigenvalue weighted by Crippen LogP contribution is -2.39. The van der Waals surface area contributed by atoms with Crippen molar-refractivity contribution < 1.29 is 9.90 Å². The molecule has 1 aromatic heterocycles. The highest BCUT2D eigenvalue weighted by Crippen LogP contribution is 2.40. The van der Waals surface area contributed by atoms with Crippen LogP contribution >= 0.6 is 0 Å². The number of anilines is 1. The van der Waals surface area contributed by atoms with E-state index < -0.39 is 5.97 Å². The van der Waals surface area contributed by atoms with Crippen molar-refractivity contribution in [1.82, 2.24) is 9.97 Å². The lowest BCUT2D eigenvalue weighted by atomic mass is 9.98. The number of aromatic nitrogens is 2. The second kappa shape index (κ2) is 4.79. The summed E-state index contributed by atoms with van der Waals surface area (Å²) in [7, 11) is 0. The topological polar surface area (TPSA) is 66.3 Å². The molecule has 0 aromatic carbocycles. The van der Waals surface area contributed by atoms with Crippen molar-refractivity contribution >= 4 is 11.8 Å². The largest absolute Gasteiger partial charge is 0.481 e. The number of piperidine rings is 1. The third kappa shape index (κ3) is 2.69. The molecule has 2 aliphatic rings. The summed E-state index contributed by atoms with van der Waals surface area (Å²) in [5.41, 5.74) is 1.12. The molecule has 0 bridgehead atoms. The van der Waals surface area contributed by atoms with Crippen LogP contribution in [-0.4, -0.2) is 34.1 Å². The van der Waals surface area contributed by atoms with E-state index in [-0.39, 0.29) is 5.92 Å². The molecule has 102 valence electrons. The van der Waals surface area contributed by atoms with E-state index in [0.29, 0.717) is 12.5 Å². The van der Waals surface area contributed by atoms with Gasteiger partial charge in [-0.1, -0.05) is 0 Å². The molecule has 1 atom stereocenters. The molecule has 1 aliphatic carbocycles. The zero-order valence-corrected chi connectivity index (χ0v) is 11.2. The molecule has 1 aliphatic heterocycles. The Balaban J connectivity index is 1.82. The van der Waals surface area contributed by atoms with E-state index in [2.05, 4.69) is 20.9 Å². The van der Waals surface area contributed by atoms with Crippen molar-refractivity contribution in [1.29, 1.82) is 0 Å². The Hall–Kier alpha value is -1.65. The number of rotatable bonds is 3. The van der Waals surface area contributed by atoms with Gasteiger partial charge in [0.2, 0.25) is 0 Å². The van der Waals surface area contributed by atoms with Gasteiger partial charge in [0, 0.05) is 30.8 Å². The van der Waals surface area contributed by atoms with Crippen molar-refractivity contribution in [3.63, 3.8) is 0 Å². The van der Waals surface area contributed by atoms with Crippen molar-refractivity contribution in [2.75, 3.05) is 18.0 Å². The molecule has 5 nitrogen and oxygen atoms in total. The molecule has 1 N–H and O–H groups in total. The first kappa shape index (κ1) is 12.4. The summed E-state index contributed by atoms with van der Waals surface area (Å²) in [6.45, 7) is 3.37. The normalized spacial score (nSPS) is 23.4. The Kier molecular flexibility index (Phi) is 3.12. The fraction of sp³-hybridized carbons (Fsp3) is 0.643. The molecule has 0 spiro atoms. The summed E-state index contributed by atoms with van der Waals surface area (Å²) in [4.78, 5) is 22.2. The standard InChI is InChI=1S/C14H19N3O2/c1-9-15-12(10-4-5-10)7-13(16-9)17-6-2-3-11(8-17)14(18)19/h7,10-11H,2-6,8H2,1H3,(H,18,19). The fourth-order valence-corrected chi connectivity index (χ4v) is 2.71. The maximum absolute atomic E-state index is 11.1. The van der Waals surface area contributed by atoms with Crippen molar-refractivity contribution in [2.45, 2.75) is 38.5 Å². The molecular formula is C14H19N3O2. The van der Waals surface area contributed by atoms with Gasteiger partial charge in [0.15, 0.2) is 0 Å². The zero-order chi connectivity index (χ0) is 13.4. The highest BCUT2D eigenvalue weighted by atomic mass is 16.4. The van der Waals surface area contributed by atoms with Crippen LogP contribution in [0.3, 0.4) is 0 Å². The van der Waals surface area contributed by atoms with Gasteiger partial charge < -0.3 is 10.0 Å². The Morgan fingerprint density at radius 3 is 2.84 bits per heavy atom. The average Bonchev–Trinajstić information content (AvgIpc) is 3.22. The molecular weight excluding hydrogens is 242 g/mol. The minimum Gasteiger partial charge on any atom is -0.481 e. The number of hydrogen-bond donors (Lipinski definition) is 1. The number of nitrogens with zero attached hydrogens (tertiary/aromatic N) is 3. The number of aliphatic carboxylic acids is 1. The van der Waals surface area contributed by atoms with Gasteiger partial charge in [-0.15, -0.1) is 0 Å². The van der Waals surface area contributed by atoms with Crippen LogP contribution in [0.2, 0.25) is 0 Å². The molecule has 5 heteroatoms. The molecule has 19 heavy (non-hydrogen) atoms. The molecule has 0 amide bonds. The minimum atomic E-state index is -0.696.